The van der Waals surface area contributed by atoms with Gasteiger partial charge in [-0.05, 0) is 0 Å². The van der Waals surface area contributed by atoms with Crippen molar-refractivity contribution in [3.63, 3.8) is 0 Å². The first-order chi connectivity index (χ1) is 11.5. The van der Waals surface area contributed by atoms with Crippen LogP contribution in [0.1, 0.15) is 25.8 Å². The van der Waals surface area contributed by atoms with Gasteiger partial charge in [0, 0.05) is 63.4 Å². The predicted molar refractivity (Wildman–Crippen MR) is 88.1 cm³/mol. The fraction of sp³-hybridized carbons (Fsp3) is 0.533. The number of hydrogen-bond donors (Lipinski definition) is 2. The Hall–Kier alpha value is -2.55. The molecule has 9 nitrogen and oxygen atoms in total. The first-order valence-electron chi connectivity index (χ1n) is 7.99. The maximum absolute atomic E-state index is 11.3. The summed E-state index contributed by atoms with van der Waals surface area (Å²) >= 11 is 0. The molecule has 3 heterocycles. The summed E-state index contributed by atoms with van der Waals surface area (Å²) < 4.78 is 0. The molecule has 1 unspecified atom stereocenters. The van der Waals surface area contributed by atoms with E-state index in [1.807, 2.05) is 11.9 Å². The summed E-state index contributed by atoms with van der Waals surface area (Å²) in [5.41, 5.74) is 6.92. The third kappa shape index (κ3) is 3.67. The average Bonchev–Trinajstić information content (AvgIpc) is 2.55. The van der Waals surface area contributed by atoms with Crippen LogP contribution in [0, 0.1) is 5.92 Å². The lowest BCUT2D eigenvalue weighted by Crippen LogP contribution is -2.53. The highest BCUT2D eigenvalue weighted by Gasteiger charge is 2.23. The van der Waals surface area contributed by atoms with E-state index < -0.39 is 0 Å². The molecule has 3 rings (SSSR count). The molecule has 0 aliphatic carbocycles. The monoisotopic (exact) mass is 331 g/mol. The quantitative estimate of drug-likeness (QED) is 0.775. The topological polar surface area (TPSA) is 103 Å². The second-order valence-corrected chi connectivity index (χ2v) is 6.05. The van der Waals surface area contributed by atoms with Crippen LogP contribution in [0.5, 0.6) is 0 Å². The lowest BCUT2D eigenvalue weighted by atomic mass is 9.96. The van der Waals surface area contributed by atoms with E-state index in [9.17, 15) is 9.59 Å². The third-order valence-electron chi connectivity index (χ3n) is 4.07. The van der Waals surface area contributed by atoms with Crippen LogP contribution in [-0.2, 0) is 9.59 Å². The van der Waals surface area contributed by atoms with Gasteiger partial charge in [-0.1, -0.05) is 6.92 Å². The molecule has 2 N–H and O–H groups in total. The van der Waals surface area contributed by atoms with Crippen LogP contribution in [0.2, 0.25) is 0 Å². The normalized spacial score (nSPS) is 21.9. The first-order valence-corrected chi connectivity index (χ1v) is 7.99. The SMILES string of the molecule is CC(=O)NN1CCN(c2ncc(C3=NNC(=O)CC3C)cn2)CC1. The van der Waals surface area contributed by atoms with Gasteiger partial charge in [-0.2, -0.15) is 5.10 Å². The van der Waals surface area contributed by atoms with Crippen LogP contribution in [0.3, 0.4) is 0 Å². The number of anilines is 1. The van der Waals surface area contributed by atoms with Crippen LogP contribution in [-0.4, -0.2) is 58.7 Å². The largest absolute Gasteiger partial charge is 0.338 e. The Balaban J connectivity index is 1.63. The zero-order chi connectivity index (χ0) is 17.1. The molecule has 1 aromatic rings. The summed E-state index contributed by atoms with van der Waals surface area (Å²) in [5, 5.41) is 6.02. The van der Waals surface area contributed by atoms with Crippen molar-refractivity contribution in [2.24, 2.45) is 11.0 Å². The van der Waals surface area contributed by atoms with Crippen LogP contribution in [0.4, 0.5) is 5.95 Å². The minimum Gasteiger partial charge on any atom is -0.338 e. The van der Waals surface area contributed by atoms with Gasteiger partial charge in [-0.3, -0.25) is 15.0 Å². The summed E-state index contributed by atoms with van der Waals surface area (Å²) in [7, 11) is 0. The zero-order valence-corrected chi connectivity index (χ0v) is 13.8. The van der Waals surface area contributed by atoms with Gasteiger partial charge in [0.05, 0.1) is 5.71 Å². The smallest absolute Gasteiger partial charge is 0.240 e. The molecule has 24 heavy (non-hydrogen) atoms. The number of carbonyl (C=O) groups excluding carboxylic acids is 2. The van der Waals surface area contributed by atoms with E-state index in [2.05, 4.69) is 30.8 Å². The molecular formula is C15H21N7O2. The lowest BCUT2D eigenvalue weighted by Gasteiger charge is -2.34. The van der Waals surface area contributed by atoms with Crippen LogP contribution >= 0.6 is 0 Å². The molecule has 128 valence electrons. The van der Waals surface area contributed by atoms with E-state index in [-0.39, 0.29) is 17.7 Å². The number of carbonyl (C=O) groups is 2. The molecule has 0 radical (unpaired) electrons. The molecule has 0 saturated carbocycles. The Kier molecular flexibility index (Phi) is 4.70. The molecule has 1 saturated heterocycles. The van der Waals surface area contributed by atoms with Crippen molar-refractivity contribution in [3.8, 4) is 0 Å². The number of hydrogen-bond acceptors (Lipinski definition) is 7. The van der Waals surface area contributed by atoms with Crippen molar-refractivity contribution in [1.82, 2.24) is 25.8 Å². The maximum atomic E-state index is 11.3. The molecular weight excluding hydrogens is 310 g/mol. The molecule has 1 atom stereocenters. The Morgan fingerprint density at radius 2 is 1.92 bits per heavy atom. The average molecular weight is 331 g/mol. The summed E-state index contributed by atoms with van der Waals surface area (Å²) in [6.07, 6.45) is 3.91. The molecule has 2 aliphatic rings. The molecule has 2 amide bonds. The number of aromatic nitrogens is 2. The van der Waals surface area contributed by atoms with Crippen molar-refractivity contribution in [3.05, 3.63) is 18.0 Å². The third-order valence-corrected chi connectivity index (χ3v) is 4.07. The van der Waals surface area contributed by atoms with Gasteiger partial charge in [0.25, 0.3) is 0 Å². The highest BCUT2D eigenvalue weighted by molar-refractivity contribution is 6.05. The van der Waals surface area contributed by atoms with E-state index in [0.717, 1.165) is 37.5 Å². The van der Waals surface area contributed by atoms with Crippen molar-refractivity contribution in [2.45, 2.75) is 20.3 Å². The van der Waals surface area contributed by atoms with Crippen molar-refractivity contribution >= 4 is 23.5 Å². The summed E-state index contributed by atoms with van der Waals surface area (Å²) in [5.74, 6) is 0.586. The number of piperazine rings is 1. The number of nitrogens with zero attached hydrogens (tertiary/aromatic N) is 5. The minimum atomic E-state index is -0.0687. The van der Waals surface area contributed by atoms with Crippen molar-refractivity contribution < 1.29 is 9.59 Å². The van der Waals surface area contributed by atoms with Gasteiger partial charge >= 0.3 is 0 Å². The predicted octanol–water partition coefficient (Wildman–Crippen LogP) is -0.490. The van der Waals surface area contributed by atoms with E-state index in [0.29, 0.717) is 12.4 Å². The lowest BCUT2D eigenvalue weighted by molar-refractivity contribution is -0.124. The Morgan fingerprint density at radius 3 is 2.50 bits per heavy atom. The number of hydrazine groups is 1. The molecule has 0 bridgehead atoms. The number of hydrazone groups is 1. The van der Waals surface area contributed by atoms with E-state index in [4.69, 9.17) is 0 Å². The van der Waals surface area contributed by atoms with Crippen LogP contribution < -0.4 is 15.8 Å². The van der Waals surface area contributed by atoms with Gasteiger partial charge in [0.15, 0.2) is 0 Å². The van der Waals surface area contributed by atoms with Crippen molar-refractivity contribution in [2.75, 3.05) is 31.1 Å². The molecule has 1 fully saturated rings. The van der Waals surface area contributed by atoms with Crippen LogP contribution in [0.15, 0.2) is 17.5 Å². The maximum Gasteiger partial charge on any atom is 0.240 e. The molecule has 0 spiro atoms. The van der Waals surface area contributed by atoms with Gasteiger partial charge in [-0.25, -0.2) is 20.4 Å². The number of nitrogens with one attached hydrogen (secondary N) is 2. The minimum absolute atomic E-state index is 0.0504. The highest BCUT2D eigenvalue weighted by Crippen LogP contribution is 2.17. The number of amides is 2. The van der Waals surface area contributed by atoms with Gasteiger partial charge < -0.3 is 4.90 Å². The van der Waals surface area contributed by atoms with E-state index in [1.165, 1.54) is 6.92 Å². The van der Waals surface area contributed by atoms with Crippen LogP contribution in [0.25, 0.3) is 0 Å². The zero-order valence-electron chi connectivity index (χ0n) is 13.8. The summed E-state index contributed by atoms with van der Waals surface area (Å²) in [6.45, 7) is 6.40. The number of rotatable bonds is 3. The standard InChI is InChI=1S/C15H21N7O2/c1-10-7-13(24)18-19-14(10)12-8-16-15(17-9-12)21-3-5-22(6-4-21)20-11(2)23/h8-10H,3-7H2,1-2H3,(H,18,24)(H,20,23). The summed E-state index contributed by atoms with van der Waals surface area (Å²) in [4.78, 5) is 33.3. The second kappa shape index (κ2) is 6.91. The molecule has 2 aliphatic heterocycles. The van der Waals surface area contributed by atoms with Gasteiger partial charge in [0.1, 0.15) is 0 Å². The van der Waals surface area contributed by atoms with E-state index >= 15 is 0 Å². The Bertz CT molecular complexity index is 650. The first kappa shape index (κ1) is 16.3. The van der Waals surface area contributed by atoms with Gasteiger partial charge in [0.2, 0.25) is 17.8 Å². The second-order valence-electron chi connectivity index (χ2n) is 6.05. The molecule has 1 aromatic heterocycles. The fourth-order valence-corrected chi connectivity index (χ4v) is 2.86. The Labute approximate surface area is 140 Å². The highest BCUT2D eigenvalue weighted by atomic mass is 16.2. The molecule has 0 aromatic carbocycles. The van der Waals surface area contributed by atoms with E-state index in [1.54, 1.807) is 12.4 Å². The molecule has 9 heteroatoms. The summed E-state index contributed by atoms with van der Waals surface area (Å²) in [6, 6.07) is 0. The van der Waals surface area contributed by atoms with Gasteiger partial charge in [-0.15, -0.1) is 0 Å². The Morgan fingerprint density at radius 1 is 1.25 bits per heavy atom. The van der Waals surface area contributed by atoms with Crippen molar-refractivity contribution in [1.29, 1.82) is 0 Å². The fourth-order valence-electron chi connectivity index (χ4n) is 2.86.